The summed E-state index contributed by atoms with van der Waals surface area (Å²) in [6, 6.07) is 0.819. The molecule has 1 N–H and O–H groups in total. The van der Waals surface area contributed by atoms with Crippen molar-refractivity contribution >= 4 is 0 Å². The molecule has 2 heteroatoms. The first kappa shape index (κ1) is 11.1. The second kappa shape index (κ2) is 5.39. The van der Waals surface area contributed by atoms with Crippen LogP contribution in [0.2, 0.25) is 0 Å². The first-order valence-electron chi connectivity index (χ1n) is 2.98. The number of nitrogens with one attached hydrogen (secondary N) is 1. The molecule has 0 aromatic rings. The van der Waals surface area contributed by atoms with Crippen LogP contribution in [0.4, 0.5) is 0 Å². The van der Waals surface area contributed by atoms with E-state index in [-0.39, 0.29) is 12.4 Å². The fraction of sp³-hybridized carbons (Fsp3) is 1.00. The monoisotopic (exact) mass is 137 g/mol. The molecular weight excluding hydrogens is 122 g/mol. The van der Waals surface area contributed by atoms with Gasteiger partial charge in [0.2, 0.25) is 0 Å². The van der Waals surface area contributed by atoms with Crippen molar-refractivity contribution in [3.8, 4) is 0 Å². The SMILES string of the molecule is CCC(C)[NH+](C)C.[Cl-]. The van der Waals surface area contributed by atoms with Crippen LogP contribution in [0.1, 0.15) is 20.3 Å². The van der Waals surface area contributed by atoms with Crippen LogP contribution in [-0.4, -0.2) is 20.1 Å². The second-order valence-electron chi connectivity index (χ2n) is 2.39. The average Bonchev–Trinajstić information content (AvgIpc) is 1.65. The van der Waals surface area contributed by atoms with E-state index in [1.54, 1.807) is 4.90 Å². The van der Waals surface area contributed by atoms with E-state index in [9.17, 15) is 0 Å². The normalized spacial score (nSPS) is 13.1. The van der Waals surface area contributed by atoms with Crippen molar-refractivity contribution in [1.29, 1.82) is 0 Å². The molecule has 0 aliphatic carbocycles. The number of quaternary nitrogens is 1. The summed E-state index contributed by atoms with van der Waals surface area (Å²) < 4.78 is 0. The molecule has 1 nitrogen and oxygen atoms in total. The molecule has 1 atom stereocenters. The van der Waals surface area contributed by atoms with E-state index in [0.717, 1.165) is 6.04 Å². The largest absolute Gasteiger partial charge is 1.00 e. The van der Waals surface area contributed by atoms with Crippen molar-refractivity contribution in [3.63, 3.8) is 0 Å². The molecule has 1 unspecified atom stereocenters. The van der Waals surface area contributed by atoms with E-state index >= 15 is 0 Å². The molecule has 0 saturated heterocycles. The molecule has 0 fully saturated rings. The molecule has 0 aromatic heterocycles. The highest BCUT2D eigenvalue weighted by Gasteiger charge is 2.01. The van der Waals surface area contributed by atoms with Gasteiger partial charge in [-0.15, -0.1) is 0 Å². The lowest BCUT2D eigenvalue weighted by atomic mass is 10.2. The summed E-state index contributed by atoms with van der Waals surface area (Å²) >= 11 is 0. The van der Waals surface area contributed by atoms with E-state index in [1.807, 2.05) is 0 Å². The zero-order valence-corrected chi connectivity index (χ0v) is 6.92. The van der Waals surface area contributed by atoms with Gasteiger partial charge in [0.1, 0.15) is 0 Å². The lowest BCUT2D eigenvalue weighted by Gasteiger charge is -2.13. The van der Waals surface area contributed by atoms with Crippen LogP contribution in [0.15, 0.2) is 0 Å². The van der Waals surface area contributed by atoms with Gasteiger partial charge in [0, 0.05) is 0 Å². The highest BCUT2D eigenvalue weighted by atomic mass is 35.5. The van der Waals surface area contributed by atoms with Gasteiger partial charge in [0.25, 0.3) is 0 Å². The van der Waals surface area contributed by atoms with E-state index in [4.69, 9.17) is 0 Å². The minimum atomic E-state index is 0. The average molecular weight is 138 g/mol. The summed E-state index contributed by atoms with van der Waals surface area (Å²) in [6.07, 6.45) is 1.28. The van der Waals surface area contributed by atoms with Crippen LogP contribution in [0, 0.1) is 0 Å². The minimum absolute atomic E-state index is 0. The molecule has 0 heterocycles. The Kier molecular flexibility index (Phi) is 7.48. The van der Waals surface area contributed by atoms with E-state index in [2.05, 4.69) is 27.9 Å². The quantitative estimate of drug-likeness (QED) is 0.412. The Morgan fingerprint density at radius 3 is 1.75 bits per heavy atom. The molecule has 0 rings (SSSR count). The van der Waals surface area contributed by atoms with Gasteiger partial charge in [-0.2, -0.15) is 0 Å². The first-order chi connectivity index (χ1) is 3.18. The third kappa shape index (κ3) is 4.41. The minimum Gasteiger partial charge on any atom is -1.00 e. The summed E-state index contributed by atoms with van der Waals surface area (Å²) in [6.45, 7) is 4.48. The zero-order chi connectivity index (χ0) is 5.86. The maximum absolute atomic E-state index is 2.26. The Bertz CT molecular complexity index is 45.8. The summed E-state index contributed by atoms with van der Waals surface area (Å²) in [4.78, 5) is 1.54. The van der Waals surface area contributed by atoms with Gasteiger partial charge in [0.05, 0.1) is 20.1 Å². The maximum atomic E-state index is 2.26. The van der Waals surface area contributed by atoms with Gasteiger partial charge in [-0.25, -0.2) is 0 Å². The topological polar surface area (TPSA) is 4.44 Å². The summed E-state index contributed by atoms with van der Waals surface area (Å²) in [5, 5.41) is 0. The molecule has 0 saturated carbocycles. The van der Waals surface area contributed by atoms with Crippen molar-refractivity contribution in [2.24, 2.45) is 0 Å². The lowest BCUT2D eigenvalue weighted by molar-refractivity contribution is -0.883. The van der Waals surface area contributed by atoms with Crippen molar-refractivity contribution in [2.75, 3.05) is 14.1 Å². The van der Waals surface area contributed by atoms with Crippen LogP contribution in [0.5, 0.6) is 0 Å². The third-order valence-electron chi connectivity index (χ3n) is 1.60. The Labute approximate surface area is 58.5 Å². The molecule has 0 aromatic carbocycles. The summed E-state index contributed by atoms with van der Waals surface area (Å²) in [5.41, 5.74) is 0. The van der Waals surface area contributed by atoms with E-state index in [0.29, 0.717) is 0 Å². The zero-order valence-electron chi connectivity index (χ0n) is 6.16. The maximum Gasteiger partial charge on any atom is 0.0839 e. The predicted octanol–water partition coefficient (Wildman–Crippen LogP) is -3.07. The smallest absolute Gasteiger partial charge is 0.0839 e. The molecule has 52 valence electrons. The van der Waals surface area contributed by atoms with Crippen molar-refractivity contribution in [1.82, 2.24) is 0 Å². The van der Waals surface area contributed by atoms with Gasteiger partial charge < -0.3 is 17.3 Å². The molecule has 0 amide bonds. The highest BCUT2D eigenvalue weighted by Crippen LogP contribution is 1.77. The van der Waals surface area contributed by atoms with Crippen LogP contribution >= 0.6 is 0 Å². The Morgan fingerprint density at radius 1 is 1.38 bits per heavy atom. The summed E-state index contributed by atoms with van der Waals surface area (Å²) in [5.74, 6) is 0. The van der Waals surface area contributed by atoms with E-state index in [1.165, 1.54) is 6.42 Å². The lowest BCUT2D eigenvalue weighted by Crippen LogP contribution is -3.09. The van der Waals surface area contributed by atoms with Crippen molar-refractivity contribution < 1.29 is 17.3 Å². The van der Waals surface area contributed by atoms with E-state index < -0.39 is 0 Å². The summed E-state index contributed by atoms with van der Waals surface area (Å²) in [7, 11) is 4.38. The van der Waals surface area contributed by atoms with Crippen LogP contribution in [0.25, 0.3) is 0 Å². The van der Waals surface area contributed by atoms with Gasteiger partial charge in [0.15, 0.2) is 0 Å². The Morgan fingerprint density at radius 2 is 1.75 bits per heavy atom. The number of halogens is 1. The third-order valence-corrected chi connectivity index (χ3v) is 1.60. The molecular formula is C6H16ClN. The predicted molar refractivity (Wildman–Crippen MR) is 32.6 cm³/mol. The number of rotatable bonds is 2. The Hall–Kier alpha value is 0.250. The van der Waals surface area contributed by atoms with Crippen LogP contribution < -0.4 is 17.3 Å². The fourth-order valence-electron chi connectivity index (χ4n) is 0.408. The fourth-order valence-corrected chi connectivity index (χ4v) is 0.408. The van der Waals surface area contributed by atoms with Gasteiger partial charge >= 0.3 is 0 Å². The van der Waals surface area contributed by atoms with Crippen molar-refractivity contribution in [3.05, 3.63) is 0 Å². The van der Waals surface area contributed by atoms with Gasteiger partial charge in [-0.1, -0.05) is 6.92 Å². The molecule has 0 bridgehead atoms. The van der Waals surface area contributed by atoms with Crippen molar-refractivity contribution in [2.45, 2.75) is 26.3 Å². The number of hydrogen-bond donors (Lipinski definition) is 1. The molecule has 0 aliphatic heterocycles. The first-order valence-corrected chi connectivity index (χ1v) is 2.98. The molecule has 8 heavy (non-hydrogen) atoms. The number of hydrogen-bond acceptors (Lipinski definition) is 0. The molecule has 0 aliphatic rings. The Balaban J connectivity index is 0. The molecule has 0 radical (unpaired) electrons. The van der Waals surface area contributed by atoms with Gasteiger partial charge in [-0.3, -0.25) is 0 Å². The van der Waals surface area contributed by atoms with Crippen LogP contribution in [-0.2, 0) is 0 Å². The highest BCUT2D eigenvalue weighted by molar-refractivity contribution is 4.36. The van der Waals surface area contributed by atoms with Crippen LogP contribution in [0.3, 0.4) is 0 Å². The van der Waals surface area contributed by atoms with Gasteiger partial charge in [-0.05, 0) is 13.3 Å². The standard InChI is InChI=1S/C6H15N.ClH/c1-5-6(2)7(3)4;/h6H,5H2,1-4H3;1H. The molecule has 0 spiro atoms. The second-order valence-corrected chi connectivity index (χ2v) is 2.39.